The fraction of sp³-hybridized carbons (Fsp3) is 0.235. The van der Waals surface area contributed by atoms with E-state index in [4.69, 9.17) is 11.6 Å². The summed E-state index contributed by atoms with van der Waals surface area (Å²) in [4.78, 5) is 12.4. The fourth-order valence-electron chi connectivity index (χ4n) is 2.31. The van der Waals surface area contributed by atoms with E-state index in [1.807, 2.05) is 37.3 Å². The number of carbonyl (C=O) groups excluding carboxylic acids is 1. The molecule has 2 aromatic rings. The molecule has 0 spiro atoms. The van der Waals surface area contributed by atoms with E-state index in [2.05, 4.69) is 5.32 Å². The van der Waals surface area contributed by atoms with Crippen LogP contribution in [-0.4, -0.2) is 5.91 Å². The molecule has 0 fully saturated rings. The number of rotatable bonds is 4. The summed E-state index contributed by atoms with van der Waals surface area (Å²) in [6.07, 6.45) is -4.03. The summed E-state index contributed by atoms with van der Waals surface area (Å²) in [5.41, 5.74) is -0.0802. The second-order valence-electron chi connectivity index (χ2n) is 5.05. The van der Waals surface area contributed by atoms with Gasteiger partial charge < -0.3 is 5.32 Å². The van der Waals surface area contributed by atoms with Crippen molar-refractivity contribution in [2.45, 2.75) is 25.4 Å². The highest BCUT2D eigenvalue weighted by atomic mass is 35.5. The Balaban J connectivity index is 2.23. The SMILES string of the molecule is CC[C@H](C(=O)Nc1ccc(Cl)c(C(F)(F)F)c1)c1ccccc1. The van der Waals surface area contributed by atoms with Crippen molar-refractivity contribution in [2.75, 3.05) is 5.32 Å². The topological polar surface area (TPSA) is 29.1 Å². The third-order valence-corrected chi connectivity index (χ3v) is 3.80. The maximum absolute atomic E-state index is 12.9. The molecule has 1 atom stereocenters. The zero-order chi connectivity index (χ0) is 17.0. The van der Waals surface area contributed by atoms with Gasteiger partial charge in [0.15, 0.2) is 0 Å². The van der Waals surface area contributed by atoms with E-state index in [0.29, 0.717) is 6.42 Å². The fourth-order valence-corrected chi connectivity index (χ4v) is 2.53. The standard InChI is InChI=1S/C17H15ClF3NO/c1-2-13(11-6-4-3-5-7-11)16(23)22-12-8-9-15(18)14(10-12)17(19,20)21/h3-10,13H,2H2,1H3,(H,22,23)/t13-/m0/s1. The molecule has 2 nitrogen and oxygen atoms in total. The molecule has 0 unspecified atom stereocenters. The molecule has 1 N–H and O–H groups in total. The molecule has 0 heterocycles. The van der Waals surface area contributed by atoms with Crippen molar-refractivity contribution < 1.29 is 18.0 Å². The van der Waals surface area contributed by atoms with E-state index in [1.54, 1.807) is 0 Å². The van der Waals surface area contributed by atoms with Crippen molar-refractivity contribution in [1.82, 2.24) is 0 Å². The maximum atomic E-state index is 12.9. The molecule has 0 saturated heterocycles. The van der Waals surface area contributed by atoms with Gasteiger partial charge in [-0.2, -0.15) is 13.2 Å². The molecule has 122 valence electrons. The Bertz CT molecular complexity index is 686. The molecule has 0 aliphatic heterocycles. The molecule has 0 aliphatic rings. The average Bonchev–Trinajstić information content (AvgIpc) is 2.50. The number of amides is 1. The Kier molecular flexibility index (Phi) is 5.31. The Morgan fingerprint density at radius 3 is 2.39 bits per heavy atom. The molecule has 1 amide bonds. The predicted molar refractivity (Wildman–Crippen MR) is 84.6 cm³/mol. The zero-order valence-electron chi connectivity index (χ0n) is 12.3. The van der Waals surface area contributed by atoms with Gasteiger partial charge in [0.2, 0.25) is 5.91 Å². The second-order valence-corrected chi connectivity index (χ2v) is 5.46. The van der Waals surface area contributed by atoms with Crippen LogP contribution in [-0.2, 0) is 11.0 Å². The number of carbonyl (C=O) groups is 1. The van der Waals surface area contributed by atoms with Gasteiger partial charge in [-0.3, -0.25) is 4.79 Å². The first-order valence-corrected chi connectivity index (χ1v) is 7.43. The molecule has 0 aliphatic carbocycles. The molecule has 2 rings (SSSR count). The molecule has 0 bridgehead atoms. The Hall–Kier alpha value is -2.01. The lowest BCUT2D eigenvalue weighted by atomic mass is 9.95. The Morgan fingerprint density at radius 1 is 1.17 bits per heavy atom. The third kappa shape index (κ3) is 4.26. The van der Waals surface area contributed by atoms with Crippen LogP contribution >= 0.6 is 11.6 Å². The minimum absolute atomic E-state index is 0.0705. The van der Waals surface area contributed by atoms with Gasteiger partial charge in [-0.1, -0.05) is 48.9 Å². The van der Waals surface area contributed by atoms with Gasteiger partial charge in [0.05, 0.1) is 16.5 Å². The molecule has 23 heavy (non-hydrogen) atoms. The zero-order valence-corrected chi connectivity index (χ0v) is 13.1. The molecule has 0 saturated carbocycles. The third-order valence-electron chi connectivity index (χ3n) is 3.47. The number of hydrogen-bond acceptors (Lipinski definition) is 1. The van der Waals surface area contributed by atoms with E-state index < -0.39 is 22.7 Å². The van der Waals surface area contributed by atoms with E-state index in [1.165, 1.54) is 6.07 Å². The van der Waals surface area contributed by atoms with Gasteiger partial charge in [-0.25, -0.2) is 0 Å². The monoisotopic (exact) mass is 341 g/mol. The molecule has 6 heteroatoms. The van der Waals surface area contributed by atoms with E-state index in [-0.39, 0.29) is 11.6 Å². The number of anilines is 1. The maximum Gasteiger partial charge on any atom is 0.417 e. The summed E-state index contributed by atoms with van der Waals surface area (Å²) in [5.74, 6) is -0.782. The van der Waals surface area contributed by atoms with Crippen molar-refractivity contribution in [3.05, 3.63) is 64.7 Å². The first-order valence-electron chi connectivity index (χ1n) is 7.05. The number of hydrogen-bond donors (Lipinski definition) is 1. The van der Waals surface area contributed by atoms with E-state index >= 15 is 0 Å². The Labute approximate surface area is 137 Å². The minimum atomic E-state index is -4.57. The van der Waals surface area contributed by atoms with Gasteiger partial charge in [0, 0.05) is 5.69 Å². The van der Waals surface area contributed by atoms with Gasteiger partial charge in [-0.05, 0) is 30.2 Å². The molecule has 0 radical (unpaired) electrons. The largest absolute Gasteiger partial charge is 0.417 e. The summed E-state index contributed by atoms with van der Waals surface area (Å²) < 4.78 is 38.6. The molecule has 2 aromatic carbocycles. The minimum Gasteiger partial charge on any atom is -0.326 e. The number of benzene rings is 2. The summed E-state index contributed by atoms with van der Waals surface area (Å²) in [6, 6.07) is 12.4. The van der Waals surface area contributed by atoms with Crippen LogP contribution in [0.1, 0.15) is 30.4 Å². The van der Waals surface area contributed by atoms with Crippen molar-refractivity contribution in [3.8, 4) is 0 Å². The number of alkyl halides is 3. The normalized spacial score (nSPS) is 12.7. The Morgan fingerprint density at radius 2 is 1.83 bits per heavy atom. The van der Waals surface area contributed by atoms with Gasteiger partial charge in [0.1, 0.15) is 0 Å². The number of nitrogens with one attached hydrogen (secondary N) is 1. The van der Waals surface area contributed by atoms with E-state index in [0.717, 1.165) is 17.7 Å². The second kappa shape index (κ2) is 7.04. The highest BCUT2D eigenvalue weighted by Crippen LogP contribution is 2.36. The van der Waals surface area contributed by atoms with Gasteiger partial charge in [-0.15, -0.1) is 0 Å². The van der Waals surface area contributed by atoms with Gasteiger partial charge >= 0.3 is 6.18 Å². The summed E-state index contributed by atoms with van der Waals surface area (Å²) in [5, 5.41) is 2.14. The van der Waals surface area contributed by atoms with Crippen molar-refractivity contribution in [2.24, 2.45) is 0 Å². The van der Waals surface area contributed by atoms with Gasteiger partial charge in [0.25, 0.3) is 0 Å². The summed E-state index contributed by atoms with van der Waals surface area (Å²) >= 11 is 5.57. The predicted octanol–water partition coefficient (Wildman–Crippen LogP) is 5.49. The highest BCUT2D eigenvalue weighted by molar-refractivity contribution is 6.31. The van der Waals surface area contributed by atoms with Crippen LogP contribution in [0.3, 0.4) is 0 Å². The summed E-state index contributed by atoms with van der Waals surface area (Å²) in [6.45, 7) is 1.85. The smallest absolute Gasteiger partial charge is 0.326 e. The van der Waals surface area contributed by atoms with Crippen molar-refractivity contribution >= 4 is 23.2 Å². The van der Waals surface area contributed by atoms with Crippen molar-refractivity contribution in [1.29, 1.82) is 0 Å². The molecular weight excluding hydrogens is 327 g/mol. The lowest BCUT2D eigenvalue weighted by molar-refractivity contribution is -0.137. The number of halogens is 4. The first kappa shape index (κ1) is 17.3. The lowest BCUT2D eigenvalue weighted by Gasteiger charge is -2.16. The first-order chi connectivity index (χ1) is 10.8. The van der Waals surface area contributed by atoms with Crippen LogP contribution in [0.25, 0.3) is 0 Å². The van der Waals surface area contributed by atoms with Crippen molar-refractivity contribution in [3.63, 3.8) is 0 Å². The average molecular weight is 342 g/mol. The van der Waals surface area contributed by atoms with Crippen LogP contribution in [0.5, 0.6) is 0 Å². The van der Waals surface area contributed by atoms with Crippen LogP contribution in [0.4, 0.5) is 18.9 Å². The summed E-state index contributed by atoms with van der Waals surface area (Å²) in [7, 11) is 0. The van der Waals surface area contributed by atoms with Crippen LogP contribution in [0.15, 0.2) is 48.5 Å². The van der Waals surface area contributed by atoms with E-state index in [9.17, 15) is 18.0 Å². The highest BCUT2D eigenvalue weighted by Gasteiger charge is 2.33. The molecular formula is C17H15ClF3NO. The molecule has 0 aromatic heterocycles. The van der Waals surface area contributed by atoms with Crippen LogP contribution in [0, 0.1) is 0 Å². The van der Waals surface area contributed by atoms with Crippen LogP contribution in [0.2, 0.25) is 5.02 Å². The van der Waals surface area contributed by atoms with Crippen LogP contribution < -0.4 is 5.32 Å². The lowest BCUT2D eigenvalue weighted by Crippen LogP contribution is -2.21. The quantitative estimate of drug-likeness (QED) is 0.782.